The summed E-state index contributed by atoms with van der Waals surface area (Å²) < 4.78 is 4.83. The first kappa shape index (κ1) is 23.6. The molecular formula is C12H26O3. The predicted molar refractivity (Wildman–Crippen MR) is 67.2 cm³/mol. The van der Waals surface area contributed by atoms with Crippen LogP contribution in [-0.4, -0.2) is 24.3 Å². The van der Waals surface area contributed by atoms with Crippen molar-refractivity contribution in [1.82, 2.24) is 0 Å². The third-order valence-electron chi connectivity index (χ3n) is 0.408. The third-order valence-corrected chi connectivity index (χ3v) is 0.408. The fourth-order valence-electron chi connectivity index (χ4n) is 0.204. The highest BCUT2D eigenvalue weighted by Crippen LogP contribution is 1.64. The Kier molecular flexibility index (Phi) is 60.4. The van der Waals surface area contributed by atoms with Crippen molar-refractivity contribution >= 4 is 5.97 Å². The van der Waals surface area contributed by atoms with Crippen molar-refractivity contribution in [2.75, 3.05) is 13.2 Å². The average Bonchev–Trinajstić information content (AvgIpc) is 2.07. The summed E-state index contributed by atoms with van der Waals surface area (Å²) in [7, 11) is 0. The molecule has 0 bridgehead atoms. The van der Waals surface area contributed by atoms with Gasteiger partial charge in [-0.05, 0) is 27.7 Å². The maximum atomic E-state index is 9.00. The van der Waals surface area contributed by atoms with Gasteiger partial charge >= 0.3 is 0 Å². The van der Waals surface area contributed by atoms with E-state index >= 15 is 0 Å². The van der Waals surface area contributed by atoms with Crippen LogP contribution in [0.4, 0.5) is 0 Å². The molecule has 0 atom stereocenters. The van der Waals surface area contributed by atoms with Gasteiger partial charge in [0.05, 0.1) is 0 Å². The van der Waals surface area contributed by atoms with Crippen molar-refractivity contribution < 1.29 is 14.6 Å². The summed E-state index contributed by atoms with van der Waals surface area (Å²) in [6.07, 6.45) is 3.50. The Morgan fingerprint density at radius 2 is 1.33 bits per heavy atom. The summed E-state index contributed by atoms with van der Waals surface area (Å²) in [6, 6.07) is 0. The average molecular weight is 218 g/mol. The molecule has 3 heteroatoms. The largest absolute Gasteiger partial charge is 0.481 e. The van der Waals surface area contributed by atoms with Crippen molar-refractivity contribution in [2.24, 2.45) is 0 Å². The number of ether oxygens (including phenoxy) is 1. The highest BCUT2D eigenvalue weighted by atomic mass is 16.5. The van der Waals surface area contributed by atoms with E-state index in [4.69, 9.17) is 14.6 Å². The topological polar surface area (TPSA) is 46.5 Å². The molecule has 0 fully saturated rings. The van der Waals surface area contributed by atoms with Crippen molar-refractivity contribution in [3.05, 3.63) is 25.3 Å². The van der Waals surface area contributed by atoms with Gasteiger partial charge in [-0.2, -0.15) is 0 Å². The lowest BCUT2D eigenvalue weighted by molar-refractivity contribution is -0.134. The molecule has 0 radical (unpaired) electrons. The zero-order valence-electron chi connectivity index (χ0n) is 10.7. The second kappa shape index (κ2) is 38.4. The number of allylic oxidation sites excluding steroid dienone is 2. The van der Waals surface area contributed by atoms with Gasteiger partial charge in [0.25, 0.3) is 5.97 Å². The number of hydrogen-bond acceptors (Lipinski definition) is 2. The predicted octanol–water partition coefficient (Wildman–Crippen LogP) is 3.52. The molecule has 0 aromatic carbocycles. The van der Waals surface area contributed by atoms with Crippen LogP contribution in [0.3, 0.4) is 0 Å². The van der Waals surface area contributed by atoms with Crippen LogP contribution in [0.5, 0.6) is 0 Å². The van der Waals surface area contributed by atoms with Gasteiger partial charge in [0.2, 0.25) is 0 Å². The van der Waals surface area contributed by atoms with E-state index < -0.39 is 5.97 Å². The molecule has 0 rings (SSSR count). The van der Waals surface area contributed by atoms with Gasteiger partial charge in [0.1, 0.15) is 0 Å². The third kappa shape index (κ3) is 1860. The lowest BCUT2D eigenvalue weighted by Crippen LogP contribution is -1.84. The Labute approximate surface area is 94.5 Å². The molecular weight excluding hydrogens is 192 g/mol. The molecule has 0 heterocycles. The number of carboxylic acid groups (broad SMARTS) is 1. The van der Waals surface area contributed by atoms with E-state index in [9.17, 15) is 0 Å². The van der Waals surface area contributed by atoms with Gasteiger partial charge in [-0.1, -0.05) is 12.2 Å². The molecule has 0 spiro atoms. The molecule has 0 unspecified atom stereocenters. The smallest absolute Gasteiger partial charge is 0.300 e. The molecule has 92 valence electrons. The van der Waals surface area contributed by atoms with Crippen LogP contribution in [0.2, 0.25) is 0 Å². The first-order valence-electron chi connectivity index (χ1n) is 4.89. The molecule has 0 aliphatic rings. The Morgan fingerprint density at radius 3 is 1.33 bits per heavy atom. The SMILES string of the molecule is C=CC.C=CC.CC(=O)O.CCOCC. The molecule has 0 aliphatic carbocycles. The maximum absolute atomic E-state index is 9.00. The van der Waals surface area contributed by atoms with Crippen molar-refractivity contribution in [2.45, 2.75) is 34.6 Å². The van der Waals surface area contributed by atoms with Gasteiger partial charge < -0.3 is 9.84 Å². The second-order valence-corrected chi connectivity index (χ2v) is 2.12. The summed E-state index contributed by atoms with van der Waals surface area (Å²) in [5.41, 5.74) is 0. The van der Waals surface area contributed by atoms with Crippen LogP contribution in [0.15, 0.2) is 25.3 Å². The number of carboxylic acids is 1. The minimum absolute atomic E-state index is 0.833. The molecule has 0 amide bonds. The van der Waals surface area contributed by atoms with E-state index in [1.165, 1.54) is 0 Å². The first-order valence-corrected chi connectivity index (χ1v) is 4.89. The quantitative estimate of drug-likeness (QED) is 0.721. The summed E-state index contributed by atoms with van der Waals surface area (Å²) >= 11 is 0. The molecule has 0 aliphatic heterocycles. The van der Waals surface area contributed by atoms with Crippen molar-refractivity contribution in [1.29, 1.82) is 0 Å². The monoisotopic (exact) mass is 218 g/mol. The zero-order chi connectivity index (χ0) is 13.1. The molecule has 0 aromatic rings. The van der Waals surface area contributed by atoms with Gasteiger partial charge in [-0.25, -0.2) is 0 Å². The van der Waals surface area contributed by atoms with Crippen molar-refractivity contribution in [3.8, 4) is 0 Å². The van der Waals surface area contributed by atoms with Crippen LogP contribution in [0.1, 0.15) is 34.6 Å². The lowest BCUT2D eigenvalue weighted by atomic mass is 10.8. The summed E-state index contributed by atoms with van der Waals surface area (Å²) in [4.78, 5) is 9.00. The minimum Gasteiger partial charge on any atom is -0.481 e. The highest BCUT2D eigenvalue weighted by Gasteiger charge is 1.65. The lowest BCUT2D eigenvalue weighted by Gasteiger charge is -1.86. The Balaban J connectivity index is -0.0000000553. The van der Waals surface area contributed by atoms with Gasteiger partial charge in [0.15, 0.2) is 0 Å². The Bertz CT molecular complexity index is 108. The fraction of sp³-hybridized carbons (Fsp3) is 0.583. The van der Waals surface area contributed by atoms with E-state index in [0.717, 1.165) is 20.1 Å². The van der Waals surface area contributed by atoms with Gasteiger partial charge in [-0.15, -0.1) is 13.2 Å². The molecule has 0 saturated carbocycles. The van der Waals surface area contributed by atoms with E-state index in [1.807, 2.05) is 27.7 Å². The van der Waals surface area contributed by atoms with Crippen LogP contribution >= 0.6 is 0 Å². The van der Waals surface area contributed by atoms with Crippen molar-refractivity contribution in [3.63, 3.8) is 0 Å². The van der Waals surface area contributed by atoms with Crippen LogP contribution < -0.4 is 0 Å². The Hall–Kier alpha value is -1.09. The number of hydrogen-bond donors (Lipinski definition) is 1. The van der Waals surface area contributed by atoms with Crippen LogP contribution in [0.25, 0.3) is 0 Å². The Morgan fingerprint density at radius 1 is 1.20 bits per heavy atom. The standard InChI is InChI=1S/C4H10O.2C3H6.C2H4O2/c1-3-5-4-2;2*1-3-2;1-2(3)4/h3-4H2,1-2H3;2*3H,1H2,2H3;1H3,(H,3,4). The van der Waals surface area contributed by atoms with Gasteiger partial charge in [-0.3, -0.25) is 4.79 Å². The molecule has 1 N–H and O–H groups in total. The van der Waals surface area contributed by atoms with Gasteiger partial charge in [0, 0.05) is 20.1 Å². The normalized spacial score (nSPS) is 6.20. The summed E-state index contributed by atoms with van der Waals surface area (Å²) in [6.45, 7) is 17.2. The van der Waals surface area contributed by atoms with E-state index in [-0.39, 0.29) is 0 Å². The summed E-state index contributed by atoms with van der Waals surface area (Å²) in [5, 5.41) is 7.42. The number of rotatable bonds is 2. The van der Waals surface area contributed by atoms with Crippen LogP contribution in [-0.2, 0) is 9.53 Å². The highest BCUT2D eigenvalue weighted by molar-refractivity contribution is 5.62. The molecule has 0 aromatic heterocycles. The maximum Gasteiger partial charge on any atom is 0.300 e. The first-order chi connectivity index (χ1) is 6.97. The second-order valence-electron chi connectivity index (χ2n) is 2.12. The number of carbonyl (C=O) groups is 1. The number of aliphatic carboxylic acids is 1. The van der Waals surface area contributed by atoms with E-state index in [0.29, 0.717) is 0 Å². The zero-order valence-corrected chi connectivity index (χ0v) is 10.7. The van der Waals surface area contributed by atoms with Crippen LogP contribution in [0, 0.1) is 0 Å². The van der Waals surface area contributed by atoms with E-state index in [1.54, 1.807) is 12.2 Å². The minimum atomic E-state index is -0.833. The molecule has 0 saturated heterocycles. The molecule has 3 nitrogen and oxygen atoms in total. The molecule has 15 heavy (non-hydrogen) atoms. The van der Waals surface area contributed by atoms with E-state index in [2.05, 4.69) is 13.2 Å². The summed E-state index contributed by atoms with van der Waals surface area (Å²) in [5.74, 6) is -0.833. The fourth-order valence-corrected chi connectivity index (χ4v) is 0.204.